The molecule has 0 saturated heterocycles. The molecule has 1 heterocycles. The van der Waals surface area contributed by atoms with E-state index in [1.807, 2.05) is 13.0 Å². The number of nitrogens with zero attached hydrogens (tertiary/aromatic N) is 2. The summed E-state index contributed by atoms with van der Waals surface area (Å²) in [6.07, 6.45) is 1.18. The smallest absolute Gasteiger partial charge is 0.220 e. The van der Waals surface area contributed by atoms with Crippen molar-refractivity contribution in [2.75, 3.05) is 13.1 Å². The lowest BCUT2D eigenvalue weighted by Gasteiger charge is -1.97. The number of nitrogens with one attached hydrogen (secondary N) is 1. The van der Waals surface area contributed by atoms with Gasteiger partial charge >= 0.3 is 0 Å². The Bertz CT molecular complexity index is 498. The van der Waals surface area contributed by atoms with Crippen molar-refractivity contribution in [2.24, 2.45) is 0 Å². The number of benzene rings is 1. The quantitative estimate of drug-likeness (QED) is 0.795. The molecule has 18 heavy (non-hydrogen) atoms. The molecule has 0 aliphatic carbocycles. The second-order valence-electron chi connectivity index (χ2n) is 4.00. The molecule has 1 N–H and O–H groups in total. The highest BCUT2D eigenvalue weighted by molar-refractivity contribution is 5.19. The van der Waals surface area contributed by atoms with Crippen LogP contribution in [0, 0.1) is 5.82 Å². The van der Waals surface area contributed by atoms with E-state index >= 15 is 0 Å². The predicted molar refractivity (Wildman–Crippen MR) is 65.8 cm³/mol. The van der Waals surface area contributed by atoms with E-state index in [1.165, 1.54) is 12.1 Å². The Kier molecular flexibility index (Phi) is 4.41. The van der Waals surface area contributed by atoms with Gasteiger partial charge in [0, 0.05) is 13.0 Å². The first-order chi connectivity index (χ1) is 8.78. The largest absolute Gasteiger partial charge is 0.425 e. The molecule has 0 bridgehead atoms. The number of rotatable bonds is 6. The van der Waals surface area contributed by atoms with Crippen LogP contribution in [-0.2, 0) is 12.8 Å². The summed E-state index contributed by atoms with van der Waals surface area (Å²) in [5.74, 6) is 0.883. The molecule has 0 amide bonds. The van der Waals surface area contributed by atoms with Crippen LogP contribution < -0.4 is 5.32 Å². The first kappa shape index (κ1) is 12.7. The molecular weight excluding hydrogens is 233 g/mol. The number of likely N-dealkylation sites (N-methyl/N-ethyl adjacent to an activating group) is 1. The number of aromatic nitrogens is 2. The van der Waals surface area contributed by atoms with Crippen LogP contribution in [0.1, 0.15) is 24.3 Å². The third-order valence-corrected chi connectivity index (χ3v) is 2.52. The summed E-state index contributed by atoms with van der Waals surface area (Å²) in [4.78, 5) is 0. The zero-order chi connectivity index (χ0) is 12.8. The molecule has 0 atom stereocenters. The van der Waals surface area contributed by atoms with E-state index in [0.717, 1.165) is 18.7 Å². The Labute approximate surface area is 105 Å². The van der Waals surface area contributed by atoms with Gasteiger partial charge in [0.25, 0.3) is 0 Å². The van der Waals surface area contributed by atoms with E-state index in [-0.39, 0.29) is 5.82 Å². The standard InChI is InChI=1S/C13H16FN3O/c1-2-15-7-6-12-16-17-13(18-12)9-10-4-3-5-11(14)8-10/h3-5,8,15H,2,6-7,9H2,1H3. The highest BCUT2D eigenvalue weighted by Crippen LogP contribution is 2.10. The zero-order valence-electron chi connectivity index (χ0n) is 10.3. The van der Waals surface area contributed by atoms with Crippen LogP contribution in [0.25, 0.3) is 0 Å². The minimum Gasteiger partial charge on any atom is -0.425 e. The van der Waals surface area contributed by atoms with Gasteiger partial charge in [0.05, 0.1) is 6.42 Å². The van der Waals surface area contributed by atoms with Crippen LogP contribution >= 0.6 is 0 Å². The summed E-state index contributed by atoms with van der Waals surface area (Å²) in [5, 5.41) is 11.1. The molecule has 1 aromatic carbocycles. The molecule has 0 fully saturated rings. The monoisotopic (exact) mass is 249 g/mol. The van der Waals surface area contributed by atoms with Crippen LogP contribution in [-0.4, -0.2) is 23.3 Å². The number of halogens is 1. The van der Waals surface area contributed by atoms with E-state index in [9.17, 15) is 4.39 Å². The maximum atomic E-state index is 13.0. The minimum absolute atomic E-state index is 0.251. The molecule has 5 heteroatoms. The summed E-state index contributed by atoms with van der Waals surface area (Å²) in [6, 6.07) is 6.40. The van der Waals surface area contributed by atoms with Gasteiger partial charge in [-0.25, -0.2) is 4.39 Å². The van der Waals surface area contributed by atoms with Crippen molar-refractivity contribution in [1.29, 1.82) is 0 Å². The lowest BCUT2D eigenvalue weighted by atomic mass is 10.1. The first-order valence-electron chi connectivity index (χ1n) is 6.04. The summed E-state index contributed by atoms with van der Waals surface area (Å²) < 4.78 is 18.5. The molecule has 96 valence electrons. The SMILES string of the molecule is CCNCCc1nnc(Cc2cccc(F)c2)o1. The van der Waals surface area contributed by atoms with Gasteiger partial charge in [-0.1, -0.05) is 19.1 Å². The molecule has 1 aromatic heterocycles. The Morgan fingerprint density at radius 3 is 2.89 bits per heavy atom. The molecule has 0 radical (unpaired) electrons. The number of hydrogen-bond donors (Lipinski definition) is 1. The molecule has 4 nitrogen and oxygen atoms in total. The van der Waals surface area contributed by atoms with Crippen LogP contribution in [0.15, 0.2) is 28.7 Å². The predicted octanol–water partition coefficient (Wildman–Crippen LogP) is 1.95. The molecule has 0 saturated carbocycles. The average molecular weight is 249 g/mol. The summed E-state index contributed by atoms with van der Waals surface area (Å²) in [7, 11) is 0. The van der Waals surface area contributed by atoms with Crippen molar-refractivity contribution in [3.05, 3.63) is 47.4 Å². The van der Waals surface area contributed by atoms with Gasteiger partial charge < -0.3 is 9.73 Å². The molecule has 0 unspecified atom stereocenters. The van der Waals surface area contributed by atoms with Crippen molar-refractivity contribution in [3.8, 4) is 0 Å². The van der Waals surface area contributed by atoms with E-state index in [1.54, 1.807) is 6.07 Å². The summed E-state index contributed by atoms with van der Waals surface area (Å²) >= 11 is 0. The van der Waals surface area contributed by atoms with E-state index < -0.39 is 0 Å². The van der Waals surface area contributed by atoms with Crippen molar-refractivity contribution < 1.29 is 8.81 Å². The number of hydrogen-bond acceptors (Lipinski definition) is 4. The maximum Gasteiger partial charge on any atom is 0.220 e. The summed E-state index contributed by atoms with van der Waals surface area (Å²) in [6.45, 7) is 3.78. The Balaban J connectivity index is 1.94. The Morgan fingerprint density at radius 2 is 2.11 bits per heavy atom. The Morgan fingerprint density at radius 1 is 1.28 bits per heavy atom. The molecule has 2 aromatic rings. The maximum absolute atomic E-state index is 13.0. The second kappa shape index (κ2) is 6.26. The van der Waals surface area contributed by atoms with Crippen molar-refractivity contribution in [2.45, 2.75) is 19.8 Å². The normalized spacial score (nSPS) is 10.8. The molecule has 0 spiro atoms. The molecule has 2 rings (SSSR count). The fraction of sp³-hybridized carbons (Fsp3) is 0.385. The van der Waals surface area contributed by atoms with Gasteiger partial charge in [-0.2, -0.15) is 0 Å². The van der Waals surface area contributed by atoms with Gasteiger partial charge in [0.2, 0.25) is 11.8 Å². The fourth-order valence-electron chi connectivity index (χ4n) is 1.65. The van der Waals surface area contributed by atoms with Crippen LogP contribution in [0.4, 0.5) is 4.39 Å². The van der Waals surface area contributed by atoms with Gasteiger partial charge in [-0.3, -0.25) is 0 Å². The highest BCUT2D eigenvalue weighted by atomic mass is 19.1. The van der Waals surface area contributed by atoms with Gasteiger partial charge in [-0.15, -0.1) is 10.2 Å². The van der Waals surface area contributed by atoms with E-state index in [2.05, 4.69) is 15.5 Å². The average Bonchev–Trinajstić information content (AvgIpc) is 2.77. The van der Waals surface area contributed by atoms with Gasteiger partial charge in [-0.05, 0) is 24.2 Å². The van der Waals surface area contributed by atoms with Crippen LogP contribution in [0.5, 0.6) is 0 Å². The minimum atomic E-state index is -0.251. The van der Waals surface area contributed by atoms with Crippen molar-refractivity contribution in [1.82, 2.24) is 15.5 Å². The molecule has 0 aliphatic rings. The van der Waals surface area contributed by atoms with Crippen molar-refractivity contribution in [3.63, 3.8) is 0 Å². The molecule has 0 aliphatic heterocycles. The van der Waals surface area contributed by atoms with Crippen LogP contribution in [0.2, 0.25) is 0 Å². The van der Waals surface area contributed by atoms with Crippen molar-refractivity contribution >= 4 is 0 Å². The Hall–Kier alpha value is -1.75. The van der Waals surface area contributed by atoms with Gasteiger partial charge in [0.1, 0.15) is 5.82 Å². The third-order valence-electron chi connectivity index (χ3n) is 2.52. The molecular formula is C13H16FN3O. The first-order valence-corrected chi connectivity index (χ1v) is 6.04. The summed E-state index contributed by atoms with van der Waals surface area (Å²) in [5.41, 5.74) is 0.830. The zero-order valence-corrected chi connectivity index (χ0v) is 10.3. The van der Waals surface area contributed by atoms with Crippen LogP contribution in [0.3, 0.4) is 0 Å². The van der Waals surface area contributed by atoms with Gasteiger partial charge in [0.15, 0.2) is 0 Å². The lowest BCUT2D eigenvalue weighted by Crippen LogP contribution is -2.16. The fourth-order valence-corrected chi connectivity index (χ4v) is 1.65. The van der Waals surface area contributed by atoms with E-state index in [4.69, 9.17) is 4.42 Å². The topological polar surface area (TPSA) is 51.0 Å². The van der Waals surface area contributed by atoms with E-state index in [0.29, 0.717) is 24.6 Å². The highest BCUT2D eigenvalue weighted by Gasteiger charge is 2.07. The second-order valence-corrected chi connectivity index (χ2v) is 4.00. The lowest BCUT2D eigenvalue weighted by molar-refractivity contribution is 0.452. The third kappa shape index (κ3) is 3.63.